The van der Waals surface area contributed by atoms with E-state index >= 15 is 0 Å². The lowest BCUT2D eigenvalue weighted by atomic mass is 10.4. The minimum atomic E-state index is -0.0957. The Hall–Kier alpha value is -2.55. The summed E-state index contributed by atoms with van der Waals surface area (Å²) in [6.45, 7) is 2.56. The lowest BCUT2D eigenvalue weighted by molar-refractivity contribution is -0.119. The number of thiazole rings is 1. The Kier molecular flexibility index (Phi) is 3.96. The van der Waals surface area contributed by atoms with Gasteiger partial charge < -0.3 is 15.2 Å². The van der Waals surface area contributed by atoms with E-state index in [0.29, 0.717) is 23.5 Å². The molecule has 1 amide bonds. The zero-order valence-corrected chi connectivity index (χ0v) is 13.0. The van der Waals surface area contributed by atoms with Crippen molar-refractivity contribution in [3.8, 4) is 0 Å². The first-order valence-electron chi connectivity index (χ1n) is 6.66. The molecular formula is C13H15N7OS. The summed E-state index contributed by atoms with van der Waals surface area (Å²) in [5.41, 5.74) is 2.26. The largest absolute Gasteiger partial charge is 0.348 e. The average molecular weight is 317 g/mol. The van der Waals surface area contributed by atoms with E-state index in [1.807, 2.05) is 12.3 Å². The van der Waals surface area contributed by atoms with Crippen LogP contribution in [0.3, 0.4) is 0 Å². The topological polar surface area (TPSA) is 99.7 Å². The van der Waals surface area contributed by atoms with Crippen molar-refractivity contribution < 1.29 is 4.79 Å². The molecule has 0 saturated heterocycles. The van der Waals surface area contributed by atoms with E-state index in [4.69, 9.17) is 0 Å². The standard InChI is InChI=1S/C13H15N7OS/c1-8-5-22-10(19-8)3-14-9(21)4-20(2)13-11-12(16-6-15-11)17-7-18-13/h5-7H,3-4H2,1-2H3,(H,14,21)(H,15,16,17,18). The molecule has 0 atom stereocenters. The van der Waals surface area contributed by atoms with E-state index in [1.165, 1.54) is 17.7 Å². The molecule has 3 rings (SSSR count). The van der Waals surface area contributed by atoms with Crippen LogP contribution in [0, 0.1) is 6.92 Å². The lowest BCUT2D eigenvalue weighted by Gasteiger charge is -2.17. The van der Waals surface area contributed by atoms with Gasteiger partial charge >= 0.3 is 0 Å². The smallest absolute Gasteiger partial charge is 0.239 e. The van der Waals surface area contributed by atoms with Crippen molar-refractivity contribution in [2.24, 2.45) is 0 Å². The van der Waals surface area contributed by atoms with Crippen LogP contribution in [0.4, 0.5) is 5.82 Å². The number of nitrogens with one attached hydrogen (secondary N) is 2. The first-order valence-corrected chi connectivity index (χ1v) is 7.54. The van der Waals surface area contributed by atoms with Gasteiger partial charge in [0.2, 0.25) is 5.91 Å². The fourth-order valence-corrected chi connectivity index (χ4v) is 2.76. The molecule has 3 heterocycles. The predicted octanol–water partition coefficient (Wildman–Crippen LogP) is 0.870. The molecule has 0 spiro atoms. The Morgan fingerprint density at radius 2 is 2.27 bits per heavy atom. The van der Waals surface area contributed by atoms with Crippen molar-refractivity contribution in [2.75, 3.05) is 18.5 Å². The van der Waals surface area contributed by atoms with Gasteiger partial charge in [-0.3, -0.25) is 4.79 Å². The van der Waals surface area contributed by atoms with E-state index in [9.17, 15) is 4.79 Å². The molecule has 0 saturated carbocycles. The van der Waals surface area contributed by atoms with Crippen LogP contribution < -0.4 is 10.2 Å². The molecular weight excluding hydrogens is 302 g/mol. The third-order valence-electron chi connectivity index (χ3n) is 3.05. The SMILES string of the molecule is Cc1csc(CNC(=O)CN(C)c2ncnc3nc[nH]c23)n1. The minimum Gasteiger partial charge on any atom is -0.348 e. The van der Waals surface area contributed by atoms with Gasteiger partial charge in [-0.15, -0.1) is 11.3 Å². The molecule has 114 valence electrons. The highest BCUT2D eigenvalue weighted by Gasteiger charge is 2.13. The molecule has 2 N–H and O–H groups in total. The van der Waals surface area contributed by atoms with E-state index in [-0.39, 0.29) is 12.5 Å². The zero-order chi connectivity index (χ0) is 15.5. The van der Waals surface area contributed by atoms with Gasteiger partial charge in [0.15, 0.2) is 11.5 Å². The highest BCUT2D eigenvalue weighted by atomic mass is 32.1. The Morgan fingerprint density at radius 3 is 3.05 bits per heavy atom. The monoisotopic (exact) mass is 317 g/mol. The summed E-state index contributed by atoms with van der Waals surface area (Å²) in [6, 6.07) is 0. The number of rotatable bonds is 5. The molecule has 0 unspecified atom stereocenters. The van der Waals surface area contributed by atoms with E-state index in [0.717, 1.165) is 10.7 Å². The average Bonchev–Trinajstić information content (AvgIpc) is 3.13. The van der Waals surface area contributed by atoms with Gasteiger partial charge in [0.05, 0.1) is 19.4 Å². The Bertz CT molecular complexity index is 796. The third-order valence-corrected chi connectivity index (χ3v) is 4.02. The van der Waals surface area contributed by atoms with Gasteiger partial charge in [-0.05, 0) is 6.92 Å². The second kappa shape index (κ2) is 6.06. The van der Waals surface area contributed by atoms with E-state index < -0.39 is 0 Å². The fraction of sp³-hybridized carbons (Fsp3) is 0.308. The predicted molar refractivity (Wildman–Crippen MR) is 83.7 cm³/mol. The summed E-state index contributed by atoms with van der Waals surface area (Å²) in [5.74, 6) is 0.546. The van der Waals surface area contributed by atoms with Crippen molar-refractivity contribution in [3.05, 3.63) is 28.7 Å². The maximum absolute atomic E-state index is 12.0. The number of H-pyrrole nitrogens is 1. The number of nitrogens with zero attached hydrogens (tertiary/aromatic N) is 5. The van der Waals surface area contributed by atoms with Gasteiger partial charge in [0.1, 0.15) is 16.9 Å². The van der Waals surface area contributed by atoms with Crippen molar-refractivity contribution in [1.82, 2.24) is 30.2 Å². The Balaban J connectivity index is 1.62. The summed E-state index contributed by atoms with van der Waals surface area (Å²) in [6.07, 6.45) is 2.99. The summed E-state index contributed by atoms with van der Waals surface area (Å²) in [5, 5.41) is 5.71. The second-order valence-corrected chi connectivity index (χ2v) is 5.76. The van der Waals surface area contributed by atoms with Crippen LogP contribution in [0.15, 0.2) is 18.0 Å². The van der Waals surface area contributed by atoms with Crippen molar-refractivity contribution in [3.63, 3.8) is 0 Å². The number of aromatic nitrogens is 5. The second-order valence-electron chi connectivity index (χ2n) is 4.81. The number of hydrogen-bond acceptors (Lipinski definition) is 7. The van der Waals surface area contributed by atoms with Crippen LogP contribution in [0.5, 0.6) is 0 Å². The quantitative estimate of drug-likeness (QED) is 0.724. The summed E-state index contributed by atoms with van der Waals surface area (Å²) in [4.78, 5) is 33.4. The van der Waals surface area contributed by atoms with Crippen molar-refractivity contribution in [1.29, 1.82) is 0 Å². The van der Waals surface area contributed by atoms with Crippen molar-refractivity contribution in [2.45, 2.75) is 13.5 Å². The number of imidazole rings is 1. The number of likely N-dealkylation sites (N-methyl/N-ethyl adjacent to an activating group) is 1. The summed E-state index contributed by atoms with van der Waals surface area (Å²) >= 11 is 1.54. The number of aromatic amines is 1. The normalized spacial score (nSPS) is 10.8. The van der Waals surface area contributed by atoms with Crippen LogP contribution in [0.2, 0.25) is 0 Å². The third kappa shape index (κ3) is 3.03. The number of fused-ring (bicyclic) bond motifs is 1. The number of aryl methyl sites for hydroxylation is 1. The molecule has 0 fully saturated rings. The molecule has 22 heavy (non-hydrogen) atoms. The molecule has 3 aromatic rings. The molecule has 3 aromatic heterocycles. The maximum atomic E-state index is 12.0. The molecule has 0 aliphatic rings. The number of carbonyl (C=O) groups is 1. The molecule has 0 aliphatic carbocycles. The van der Waals surface area contributed by atoms with E-state index in [2.05, 4.69) is 30.2 Å². The van der Waals surface area contributed by atoms with Gasteiger partial charge in [-0.25, -0.2) is 19.9 Å². The van der Waals surface area contributed by atoms with Gasteiger partial charge in [-0.1, -0.05) is 0 Å². The summed E-state index contributed by atoms with van der Waals surface area (Å²) < 4.78 is 0. The molecule has 0 aliphatic heterocycles. The fourth-order valence-electron chi connectivity index (χ4n) is 2.05. The first kappa shape index (κ1) is 14.4. The van der Waals surface area contributed by atoms with Crippen LogP contribution in [-0.4, -0.2) is 44.4 Å². The minimum absolute atomic E-state index is 0.0957. The van der Waals surface area contributed by atoms with Crippen LogP contribution in [-0.2, 0) is 11.3 Å². The van der Waals surface area contributed by atoms with Gasteiger partial charge in [0.25, 0.3) is 0 Å². The zero-order valence-electron chi connectivity index (χ0n) is 12.2. The van der Waals surface area contributed by atoms with Crippen LogP contribution >= 0.6 is 11.3 Å². The van der Waals surface area contributed by atoms with E-state index in [1.54, 1.807) is 18.3 Å². The van der Waals surface area contributed by atoms with Gasteiger partial charge in [0, 0.05) is 18.1 Å². The molecule has 0 bridgehead atoms. The molecule has 9 heteroatoms. The Morgan fingerprint density at radius 1 is 1.41 bits per heavy atom. The highest BCUT2D eigenvalue weighted by molar-refractivity contribution is 7.09. The molecule has 8 nitrogen and oxygen atoms in total. The number of hydrogen-bond donors (Lipinski definition) is 2. The van der Waals surface area contributed by atoms with Crippen molar-refractivity contribution >= 4 is 34.2 Å². The lowest BCUT2D eigenvalue weighted by Crippen LogP contribution is -2.35. The summed E-state index contributed by atoms with van der Waals surface area (Å²) in [7, 11) is 1.80. The number of carbonyl (C=O) groups excluding carboxylic acids is 1. The van der Waals surface area contributed by atoms with Crippen LogP contribution in [0.25, 0.3) is 11.2 Å². The Labute approximate surface area is 130 Å². The molecule has 0 radical (unpaired) electrons. The number of anilines is 1. The first-order chi connectivity index (χ1) is 10.6. The highest BCUT2D eigenvalue weighted by Crippen LogP contribution is 2.17. The van der Waals surface area contributed by atoms with Gasteiger partial charge in [-0.2, -0.15) is 0 Å². The van der Waals surface area contributed by atoms with Crippen LogP contribution in [0.1, 0.15) is 10.7 Å². The number of amides is 1. The molecule has 0 aromatic carbocycles. The maximum Gasteiger partial charge on any atom is 0.239 e.